The van der Waals surface area contributed by atoms with Crippen LogP contribution in [0.1, 0.15) is 23.1 Å². The summed E-state index contributed by atoms with van der Waals surface area (Å²) in [6.45, 7) is 3.96. The van der Waals surface area contributed by atoms with Gasteiger partial charge in [-0.05, 0) is 61.2 Å². The first-order valence-corrected chi connectivity index (χ1v) is 6.94. The largest absolute Gasteiger partial charge is 0.427 e. The van der Waals surface area contributed by atoms with Gasteiger partial charge < -0.3 is 4.74 Å². The Morgan fingerprint density at radius 1 is 1.10 bits per heavy atom. The number of carbonyl (C=O) groups is 1. The van der Waals surface area contributed by atoms with Crippen molar-refractivity contribution in [3.63, 3.8) is 0 Å². The van der Waals surface area contributed by atoms with Crippen molar-refractivity contribution in [1.82, 2.24) is 0 Å². The molecule has 0 saturated carbocycles. The van der Waals surface area contributed by atoms with E-state index in [1.54, 1.807) is 0 Å². The molecule has 0 atom stereocenters. The maximum atomic E-state index is 11.8. The molecule has 2 aromatic rings. The van der Waals surface area contributed by atoms with Gasteiger partial charge in [-0.2, -0.15) is 0 Å². The molecule has 0 heterocycles. The van der Waals surface area contributed by atoms with Crippen LogP contribution in [0.15, 0.2) is 42.5 Å². The Balaban J connectivity index is 1.92. The molecule has 0 spiro atoms. The first kappa shape index (κ1) is 14.6. The summed E-state index contributed by atoms with van der Waals surface area (Å²) < 4.78 is 5.36. The average molecular weight is 289 g/mol. The van der Waals surface area contributed by atoms with Crippen LogP contribution >= 0.6 is 11.6 Å². The molecular weight excluding hydrogens is 272 g/mol. The van der Waals surface area contributed by atoms with Crippen LogP contribution in [0.2, 0.25) is 5.02 Å². The Kier molecular flexibility index (Phi) is 4.80. The maximum absolute atomic E-state index is 11.8. The molecule has 3 heteroatoms. The van der Waals surface area contributed by atoms with E-state index in [2.05, 4.69) is 0 Å². The molecule has 0 aromatic heterocycles. The number of halogens is 1. The standard InChI is InChI=1S/C17H17ClO2/c1-12-8-13(2)10-16(9-12)20-17(19)7-6-14-4-3-5-15(18)11-14/h3-5,8-11H,6-7H2,1-2H3. The molecule has 0 bridgehead atoms. The molecule has 0 aliphatic carbocycles. The molecule has 0 fully saturated rings. The van der Waals surface area contributed by atoms with E-state index in [4.69, 9.17) is 16.3 Å². The van der Waals surface area contributed by atoms with Crippen molar-refractivity contribution >= 4 is 17.6 Å². The van der Waals surface area contributed by atoms with Crippen LogP contribution in [0.5, 0.6) is 5.75 Å². The Morgan fingerprint density at radius 2 is 1.80 bits per heavy atom. The number of aryl methyl sites for hydroxylation is 3. The van der Waals surface area contributed by atoms with Crippen LogP contribution in [0.3, 0.4) is 0 Å². The van der Waals surface area contributed by atoms with Gasteiger partial charge in [0.1, 0.15) is 5.75 Å². The third-order valence-corrected chi connectivity index (χ3v) is 3.17. The highest BCUT2D eigenvalue weighted by Crippen LogP contribution is 2.17. The smallest absolute Gasteiger partial charge is 0.311 e. The molecule has 2 nitrogen and oxygen atoms in total. The van der Waals surface area contributed by atoms with E-state index < -0.39 is 0 Å². The summed E-state index contributed by atoms with van der Waals surface area (Å²) in [4.78, 5) is 11.8. The summed E-state index contributed by atoms with van der Waals surface area (Å²) in [6, 6.07) is 13.3. The average Bonchev–Trinajstić information content (AvgIpc) is 2.35. The third-order valence-electron chi connectivity index (χ3n) is 2.93. The lowest BCUT2D eigenvalue weighted by Crippen LogP contribution is -2.09. The van der Waals surface area contributed by atoms with Gasteiger partial charge >= 0.3 is 5.97 Å². The van der Waals surface area contributed by atoms with Gasteiger partial charge in [0.2, 0.25) is 0 Å². The first-order valence-electron chi connectivity index (χ1n) is 6.56. The number of ether oxygens (including phenoxy) is 1. The van der Waals surface area contributed by atoms with Crippen LogP contribution in [-0.2, 0) is 11.2 Å². The molecule has 0 unspecified atom stereocenters. The van der Waals surface area contributed by atoms with Gasteiger partial charge in [-0.25, -0.2) is 0 Å². The van der Waals surface area contributed by atoms with Crippen LogP contribution in [0.4, 0.5) is 0 Å². The summed E-state index contributed by atoms with van der Waals surface area (Å²) >= 11 is 5.91. The van der Waals surface area contributed by atoms with E-state index in [0.717, 1.165) is 16.7 Å². The molecule has 0 aliphatic rings. The first-order chi connectivity index (χ1) is 9.52. The van der Waals surface area contributed by atoms with Gasteiger partial charge in [-0.3, -0.25) is 4.79 Å². The number of rotatable bonds is 4. The summed E-state index contributed by atoms with van der Waals surface area (Å²) in [7, 11) is 0. The minimum atomic E-state index is -0.227. The number of carbonyl (C=O) groups excluding carboxylic acids is 1. The topological polar surface area (TPSA) is 26.3 Å². The number of hydrogen-bond donors (Lipinski definition) is 0. The van der Waals surface area contributed by atoms with Gasteiger partial charge in [0, 0.05) is 11.4 Å². The highest BCUT2D eigenvalue weighted by atomic mass is 35.5. The van der Waals surface area contributed by atoms with E-state index >= 15 is 0 Å². The zero-order chi connectivity index (χ0) is 14.5. The van der Waals surface area contributed by atoms with Crippen molar-refractivity contribution in [2.75, 3.05) is 0 Å². The molecule has 104 valence electrons. The SMILES string of the molecule is Cc1cc(C)cc(OC(=O)CCc2cccc(Cl)c2)c1. The van der Waals surface area contributed by atoms with Gasteiger partial charge in [-0.1, -0.05) is 29.8 Å². The highest BCUT2D eigenvalue weighted by Gasteiger charge is 2.06. The molecule has 2 aromatic carbocycles. The molecule has 0 aliphatic heterocycles. The lowest BCUT2D eigenvalue weighted by molar-refractivity contribution is -0.134. The Labute approximate surface area is 124 Å². The van der Waals surface area contributed by atoms with E-state index in [1.165, 1.54) is 0 Å². The minimum Gasteiger partial charge on any atom is -0.427 e. The normalized spacial score (nSPS) is 10.3. The van der Waals surface area contributed by atoms with Gasteiger partial charge in [0.25, 0.3) is 0 Å². The monoisotopic (exact) mass is 288 g/mol. The Hall–Kier alpha value is -1.80. The van der Waals surface area contributed by atoms with Gasteiger partial charge in [-0.15, -0.1) is 0 Å². The van der Waals surface area contributed by atoms with Crippen molar-refractivity contribution < 1.29 is 9.53 Å². The summed E-state index contributed by atoms with van der Waals surface area (Å²) in [5.41, 5.74) is 3.21. The molecular formula is C17H17ClO2. The fourth-order valence-corrected chi connectivity index (χ4v) is 2.33. The van der Waals surface area contributed by atoms with E-state index in [0.29, 0.717) is 23.6 Å². The zero-order valence-corrected chi connectivity index (χ0v) is 12.4. The molecule has 0 radical (unpaired) electrons. The lowest BCUT2D eigenvalue weighted by Gasteiger charge is -2.07. The summed E-state index contributed by atoms with van der Waals surface area (Å²) in [5.74, 6) is 0.383. The molecule has 0 amide bonds. The maximum Gasteiger partial charge on any atom is 0.311 e. The zero-order valence-electron chi connectivity index (χ0n) is 11.7. The van der Waals surface area contributed by atoms with Crippen molar-refractivity contribution in [3.05, 3.63) is 64.2 Å². The highest BCUT2D eigenvalue weighted by molar-refractivity contribution is 6.30. The Morgan fingerprint density at radius 3 is 2.45 bits per heavy atom. The molecule has 0 saturated heterocycles. The van der Waals surface area contributed by atoms with Crippen LogP contribution in [0.25, 0.3) is 0 Å². The van der Waals surface area contributed by atoms with Crippen LogP contribution < -0.4 is 4.74 Å². The van der Waals surface area contributed by atoms with E-state index in [9.17, 15) is 4.79 Å². The van der Waals surface area contributed by atoms with Crippen molar-refractivity contribution in [2.24, 2.45) is 0 Å². The van der Waals surface area contributed by atoms with E-state index in [1.807, 2.05) is 56.3 Å². The fourth-order valence-electron chi connectivity index (χ4n) is 2.11. The number of benzene rings is 2. The Bertz CT molecular complexity index is 600. The van der Waals surface area contributed by atoms with Crippen LogP contribution in [-0.4, -0.2) is 5.97 Å². The molecule has 2 rings (SSSR count). The summed E-state index contributed by atoms with van der Waals surface area (Å²) in [6.07, 6.45) is 0.970. The van der Waals surface area contributed by atoms with Gasteiger partial charge in [0.15, 0.2) is 0 Å². The quantitative estimate of drug-likeness (QED) is 0.612. The predicted molar refractivity (Wildman–Crippen MR) is 81.3 cm³/mol. The second-order valence-electron chi connectivity index (χ2n) is 4.93. The fraction of sp³-hybridized carbons (Fsp3) is 0.235. The van der Waals surface area contributed by atoms with Crippen molar-refractivity contribution in [2.45, 2.75) is 26.7 Å². The second kappa shape index (κ2) is 6.58. The lowest BCUT2D eigenvalue weighted by atomic mass is 10.1. The predicted octanol–water partition coefficient (Wildman–Crippen LogP) is 4.50. The van der Waals surface area contributed by atoms with Crippen LogP contribution in [0, 0.1) is 13.8 Å². The molecule has 20 heavy (non-hydrogen) atoms. The van der Waals surface area contributed by atoms with Crippen molar-refractivity contribution in [1.29, 1.82) is 0 Å². The van der Waals surface area contributed by atoms with E-state index in [-0.39, 0.29) is 5.97 Å². The summed E-state index contributed by atoms with van der Waals surface area (Å²) in [5, 5.41) is 0.685. The second-order valence-corrected chi connectivity index (χ2v) is 5.36. The van der Waals surface area contributed by atoms with Gasteiger partial charge in [0.05, 0.1) is 0 Å². The minimum absolute atomic E-state index is 0.227. The number of hydrogen-bond acceptors (Lipinski definition) is 2. The number of esters is 1. The molecule has 0 N–H and O–H groups in total. The van der Waals surface area contributed by atoms with Crippen molar-refractivity contribution in [3.8, 4) is 5.75 Å². The third kappa shape index (κ3) is 4.39.